The summed E-state index contributed by atoms with van der Waals surface area (Å²) in [6.07, 6.45) is 2.37. The molecule has 18 heavy (non-hydrogen) atoms. The number of hydrogen-bond acceptors (Lipinski definition) is 5. The van der Waals surface area contributed by atoms with E-state index in [2.05, 4.69) is 12.2 Å². The molecule has 5 nitrogen and oxygen atoms in total. The van der Waals surface area contributed by atoms with E-state index in [-0.39, 0.29) is 0 Å². The van der Waals surface area contributed by atoms with Crippen molar-refractivity contribution in [2.45, 2.75) is 52.6 Å². The van der Waals surface area contributed by atoms with Crippen molar-refractivity contribution in [3.8, 4) is 0 Å². The Labute approximate surface area is 113 Å². The third kappa shape index (κ3) is 8.18. The molecule has 6 heteroatoms. The molecule has 0 aliphatic carbocycles. The second-order valence-corrected chi connectivity index (χ2v) is 5.65. The van der Waals surface area contributed by atoms with Gasteiger partial charge in [0, 0.05) is 31.9 Å². The zero-order chi connectivity index (χ0) is 13.8. The van der Waals surface area contributed by atoms with E-state index in [1.54, 1.807) is 0 Å². The van der Waals surface area contributed by atoms with Crippen LogP contribution in [0.15, 0.2) is 0 Å². The fourth-order valence-electron chi connectivity index (χ4n) is 1.51. The maximum atomic E-state index is 5.72. The monoisotopic (exact) mass is 278 g/mol. The topological polar surface area (TPSA) is 65.7 Å². The van der Waals surface area contributed by atoms with Crippen molar-refractivity contribution < 1.29 is 13.3 Å². The van der Waals surface area contributed by atoms with E-state index < -0.39 is 9.53 Å². The molecule has 0 spiro atoms. The number of rotatable bonds is 8. The van der Waals surface area contributed by atoms with E-state index in [9.17, 15) is 0 Å². The SMILES string of the molecule is CCC(N)C1CCN1.CCO[SiH](OCC)OCC. The van der Waals surface area contributed by atoms with Gasteiger partial charge in [0.05, 0.1) is 0 Å². The molecule has 1 aliphatic heterocycles. The molecule has 0 aromatic heterocycles. The molecule has 1 rings (SSSR count). The lowest BCUT2D eigenvalue weighted by atomic mass is 9.98. The Balaban J connectivity index is 0.000000327. The predicted molar refractivity (Wildman–Crippen MR) is 76.7 cm³/mol. The fraction of sp³-hybridized carbons (Fsp3) is 1.00. The lowest BCUT2D eigenvalue weighted by molar-refractivity contribution is 0.107. The molecule has 3 N–H and O–H groups in total. The Kier molecular flexibility index (Phi) is 12.1. The predicted octanol–water partition coefficient (Wildman–Crippen LogP) is 0.899. The van der Waals surface area contributed by atoms with Crippen LogP contribution in [0.2, 0.25) is 0 Å². The van der Waals surface area contributed by atoms with Gasteiger partial charge >= 0.3 is 9.53 Å². The maximum absolute atomic E-state index is 5.72. The van der Waals surface area contributed by atoms with Crippen LogP contribution in [0, 0.1) is 0 Å². The van der Waals surface area contributed by atoms with Gasteiger partial charge in [-0.1, -0.05) is 6.92 Å². The minimum atomic E-state index is -1.73. The van der Waals surface area contributed by atoms with E-state index in [4.69, 9.17) is 19.0 Å². The van der Waals surface area contributed by atoms with E-state index in [0.717, 1.165) is 6.42 Å². The molecule has 0 bridgehead atoms. The van der Waals surface area contributed by atoms with E-state index in [1.165, 1.54) is 13.0 Å². The van der Waals surface area contributed by atoms with Crippen molar-refractivity contribution in [1.29, 1.82) is 0 Å². The van der Waals surface area contributed by atoms with Crippen LogP contribution in [0.5, 0.6) is 0 Å². The minimum Gasteiger partial charge on any atom is -0.376 e. The largest absolute Gasteiger partial charge is 0.484 e. The van der Waals surface area contributed by atoms with Gasteiger partial charge in [-0.25, -0.2) is 0 Å². The first kappa shape index (κ1) is 18.0. The van der Waals surface area contributed by atoms with E-state index in [0.29, 0.717) is 31.9 Å². The summed E-state index contributed by atoms with van der Waals surface area (Å²) in [4.78, 5) is 0. The highest BCUT2D eigenvalue weighted by Crippen LogP contribution is 2.06. The fourth-order valence-corrected chi connectivity index (χ4v) is 2.62. The zero-order valence-electron chi connectivity index (χ0n) is 12.3. The van der Waals surface area contributed by atoms with Crippen molar-refractivity contribution in [2.24, 2.45) is 5.73 Å². The third-order valence-electron chi connectivity index (χ3n) is 2.76. The molecule has 0 aromatic carbocycles. The first-order valence-electron chi connectivity index (χ1n) is 7.03. The molecule has 1 fully saturated rings. The smallest absolute Gasteiger partial charge is 0.376 e. The normalized spacial score (nSPS) is 20.0. The van der Waals surface area contributed by atoms with E-state index in [1.807, 2.05) is 20.8 Å². The molecule has 0 amide bonds. The van der Waals surface area contributed by atoms with Crippen LogP contribution in [-0.4, -0.2) is 48.0 Å². The van der Waals surface area contributed by atoms with Crippen molar-refractivity contribution >= 4 is 9.53 Å². The molecule has 110 valence electrons. The Hall–Kier alpha value is 0.0169. The summed E-state index contributed by atoms with van der Waals surface area (Å²) < 4.78 is 15.7. The van der Waals surface area contributed by atoms with Gasteiger partial charge in [0.1, 0.15) is 0 Å². The lowest BCUT2D eigenvalue weighted by Crippen LogP contribution is -2.53. The molecule has 0 saturated carbocycles. The zero-order valence-corrected chi connectivity index (χ0v) is 13.4. The summed E-state index contributed by atoms with van der Waals surface area (Å²) in [6.45, 7) is 11.2. The number of hydrogen-bond donors (Lipinski definition) is 2. The van der Waals surface area contributed by atoms with Crippen LogP contribution in [0.1, 0.15) is 40.5 Å². The van der Waals surface area contributed by atoms with Gasteiger partial charge < -0.3 is 24.3 Å². The number of nitrogens with two attached hydrogens (primary N) is 1. The highest BCUT2D eigenvalue weighted by Gasteiger charge is 2.21. The van der Waals surface area contributed by atoms with Crippen LogP contribution in [0.4, 0.5) is 0 Å². The summed E-state index contributed by atoms with van der Waals surface area (Å²) in [5.41, 5.74) is 5.72. The summed E-state index contributed by atoms with van der Waals surface area (Å²) in [7, 11) is -1.73. The van der Waals surface area contributed by atoms with Crippen molar-refractivity contribution in [3.05, 3.63) is 0 Å². The molecule has 2 unspecified atom stereocenters. The van der Waals surface area contributed by atoms with Crippen LogP contribution in [0.25, 0.3) is 0 Å². The minimum absolute atomic E-state index is 0.392. The summed E-state index contributed by atoms with van der Waals surface area (Å²) >= 11 is 0. The molecule has 0 aromatic rings. The summed E-state index contributed by atoms with van der Waals surface area (Å²) in [5.74, 6) is 0. The standard InChI is InChI=1S/C6H14N2.C6H16O3Si/c1-2-5(7)6-3-4-8-6;1-4-7-10(8-5-2)9-6-3/h5-6,8H,2-4,7H2,1H3;10H,4-6H2,1-3H3. The van der Waals surface area contributed by atoms with Crippen molar-refractivity contribution in [2.75, 3.05) is 26.4 Å². The first-order valence-corrected chi connectivity index (χ1v) is 8.44. The molecule has 1 heterocycles. The average molecular weight is 278 g/mol. The molecular weight excluding hydrogens is 248 g/mol. The van der Waals surface area contributed by atoms with Gasteiger partial charge in [0.15, 0.2) is 0 Å². The third-order valence-corrected chi connectivity index (χ3v) is 4.57. The van der Waals surface area contributed by atoms with Crippen LogP contribution < -0.4 is 11.1 Å². The summed E-state index contributed by atoms with van der Waals surface area (Å²) in [6, 6.07) is 1.02. The van der Waals surface area contributed by atoms with Crippen LogP contribution in [0.3, 0.4) is 0 Å². The molecule has 0 radical (unpaired) electrons. The highest BCUT2D eigenvalue weighted by atomic mass is 28.3. The average Bonchev–Trinajstić information content (AvgIpc) is 2.28. The van der Waals surface area contributed by atoms with Crippen molar-refractivity contribution in [3.63, 3.8) is 0 Å². The Morgan fingerprint density at radius 2 is 1.56 bits per heavy atom. The quantitative estimate of drug-likeness (QED) is 0.646. The Bertz CT molecular complexity index is 166. The van der Waals surface area contributed by atoms with Gasteiger partial charge in [0.2, 0.25) is 0 Å². The van der Waals surface area contributed by atoms with Crippen LogP contribution in [-0.2, 0) is 13.3 Å². The Morgan fingerprint density at radius 1 is 1.11 bits per heavy atom. The van der Waals surface area contributed by atoms with Gasteiger partial charge in [-0.15, -0.1) is 0 Å². The second kappa shape index (κ2) is 12.1. The lowest BCUT2D eigenvalue weighted by Gasteiger charge is -2.32. The van der Waals surface area contributed by atoms with Gasteiger partial charge in [0.25, 0.3) is 0 Å². The number of nitrogens with one attached hydrogen (secondary N) is 1. The van der Waals surface area contributed by atoms with Gasteiger partial charge in [-0.2, -0.15) is 0 Å². The molecule has 1 aliphatic rings. The molecule has 1 saturated heterocycles. The maximum Gasteiger partial charge on any atom is 0.484 e. The van der Waals surface area contributed by atoms with Gasteiger partial charge in [-0.3, -0.25) is 0 Å². The highest BCUT2D eigenvalue weighted by molar-refractivity contribution is 6.36. The van der Waals surface area contributed by atoms with Gasteiger partial charge in [-0.05, 0) is 40.2 Å². The first-order chi connectivity index (χ1) is 8.69. The summed E-state index contributed by atoms with van der Waals surface area (Å²) in [5, 5.41) is 3.27. The molecular formula is C12H30N2O3Si. The Morgan fingerprint density at radius 3 is 1.72 bits per heavy atom. The van der Waals surface area contributed by atoms with Crippen LogP contribution >= 0.6 is 0 Å². The molecule has 2 atom stereocenters. The second-order valence-electron chi connectivity index (χ2n) is 4.08. The van der Waals surface area contributed by atoms with Crippen molar-refractivity contribution in [1.82, 2.24) is 5.32 Å². The van der Waals surface area contributed by atoms with E-state index >= 15 is 0 Å².